The molecule has 0 saturated heterocycles. The number of benzene rings is 2. The number of hydrogen-bond donors (Lipinski definition) is 0. The van der Waals surface area contributed by atoms with Gasteiger partial charge in [0, 0.05) is 18.7 Å². The van der Waals surface area contributed by atoms with Crippen LogP contribution in [0.5, 0.6) is 0 Å². The van der Waals surface area contributed by atoms with Crippen LogP contribution in [0.15, 0.2) is 77.4 Å². The minimum absolute atomic E-state index is 0.0593. The van der Waals surface area contributed by atoms with Crippen LogP contribution in [0.25, 0.3) is 0 Å². The van der Waals surface area contributed by atoms with E-state index in [1.807, 2.05) is 44.2 Å². The second kappa shape index (κ2) is 11.7. The van der Waals surface area contributed by atoms with Crippen molar-refractivity contribution in [3.05, 3.63) is 95.4 Å². The van der Waals surface area contributed by atoms with Crippen LogP contribution in [0, 0.1) is 5.92 Å². The van der Waals surface area contributed by atoms with Gasteiger partial charge in [-0.2, -0.15) is 13.2 Å². The van der Waals surface area contributed by atoms with Crippen LogP contribution in [-0.4, -0.2) is 41.2 Å². The fraction of sp³-hybridized carbons (Fsp3) is 0.333. The van der Waals surface area contributed by atoms with Crippen LogP contribution in [0.2, 0.25) is 0 Å². The third-order valence-corrected chi connectivity index (χ3v) is 5.45. The highest BCUT2D eigenvalue weighted by Crippen LogP contribution is 2.29. The Bertz CT molecular complexity index is 1080. The minimum atomic E-state index is -4.49. The number of nitrogens with zero attached hydrogens (tertiary/aromatic N) is 2. The standard InChI is InChI=1S/C27H29F3N2O3/c1-20(2)17-32(26(34)22-10-12-23(13-11-22)27(28,29)30)19-25(33)31(18-24-9-6-16-35-24)15-14-21-7-4-3-5-8-21/h3-13,16,20H,14-15,17-19H2,1-2H3. The molecule has 0 N–H and O–H groups in total. The van der Waals surface area contributed by atoms with Gasteiger partial charge in [0.05, 0.1) is 18.4 Å². The van der Waals surface area contributed by atoms with Gasteiger partial charge < -0.3 is 14.2 Å². The molecule has 8 heteroatoms. The molecule has 5 nitrogen and oxygen atoms in total. The average molecular weight is 487 g/mol. The second-order valence-corrected chi connectivity index (χ2v) is 8.78. The van der Waals surface area contributed by atoms with Gasteiger partial charge in [-0.1, -0.05) is 44.2 Å². The molecule has 0 aliphatic heterocycles. The molecule has 3 rings (SSSR count). The number of amides is 2. The van der Waals surface area contributed by atoms with E-state index in [4.69, 9.17) is 4.42 Å². The number of alkyl halides is 3. The lowest BCUT2D eigenvalue weighted by Gasteiger charge is -2.28. The molecule has 3 aromatic rings. The van der Waals surface area contributed by atoms with Crippen molar-refractivity contribution in [1.82, 2.24) is 9.80 Å². The van der Waals surface area contributed by atoms with Crippen LogP contribution in [0.1, 0.15) is 41.1 Å². The molecule has 0 fully saturated rings. The molecule has 1 aromatic heterocycles. The van der Waals surface area contributed by atoms with E-state index in [2.05, 4.69) is 0 Å². The van der Waals surface area contributed by atoms with Crippen molar-refractivity contribution in [2.24, 2.45) is 5.92 Å². The van der Waals surface area contributed by atoms with Gasteiger partial charge in [0.1, 0.15) is 12.3 Å². The van der Waals surface area contributed by atoms with Gasteiger partial charge in [-0.15, -0.1) is 0 Å². The number of carbonyl (C=O) groups excluding carboxylic acids is 2. The van der Waals surface area contributed by atoms with Gasteiger partial charge >= 0.3 is 6.18 Å². The SMILES string of the molecule is CC(C)CN(CC(=O)N(CCc1ccccc1)Cc1ccco1)C(=O)c1ccc(C(F)(F)F)cc1. The lowest BCUT2D eigenvalue weighted by Crippen LogP contribution is -2.44. The molecule has 0 aliphatic rings. The first-order chi connectivity index (χ1) is 16.6. The molecule has 1 heterocycles. The van der Waals surface area contributed by atoms with Crippen molar-refractivity contribution >= 4 is 11.8 Å². The summed E-state index contributed by atoms with van der Waals surface area (Å²) in [5, 5.41) is 0. The molecule has 186 valence electrons. The smallest absolute Gasteiger partial charge is 0.416 e. The maximum Gasteiger partial charge on any atom is 0.416 e. The van der Waals surface area contributed by atoms with Crippen molar-refractivity contribution in [1.29, 1.82) is 0 Å². The first-order valence-electron chi connectivity index (χ1n) is 11.4. The molecule has 2 amide bonds. The number of hydrogen-bond acceptors (Lipinski definition) is 3. The summed E-state index contributed by atoms with van der Waals surface area (Å²) in [7, 11) is 0. The van der Waals surface area contributed by atoms with Crippen molar-refractivity contribution in [2.45, 2.75) is 33.0 Å². The third kappa shape index (κ3) is 7.73. The molecule has 2 aromatic carbocycles. The number of rotatable bonds is 10. The molecule has 0 bridgehead atoms. The lowest BCUT2D eigenvalue weighted by atomic mass is 10.1. The van der Waals surface area contributed by atoms with Gasteiger partial charge in [0.25, 0.3) is 5.91 Å². The summed E-state index contributed by atoms with van der Waals surface area (Å²) in [6.45, 7) is 4.60. The summed E-state index contributed by atoms with van der Waals surface area (Å²) in [5.41, 5.74) is 0.351. The molecule has 0 unspecified atom stereocenters. The van der Waals surface area contributed by atoms with E-state index < -0.39 is 17.6 Å². The number of carbonyl (C=O) groups is 2. The largest absolute Gasteiger partial charge is 0.467 e. The summed E-state index contributed by atoms with van der Waals surface area (Å²) < 4.78 is 44.2. The van der Waals surface area contributed by atoms with E-state index in [1.54, 1.807) is 17.0 Å². The monoisotopic (exact) mass is 486 g/mol. The summed E-state index contributed by atoms with van der Waals surface area (Å²) in [6.07, 6.45) is -2.32. The van der Waals surface area contributed by atoms with Crippen LogP contribution >= 0.6 is 0 Å². The van der Waals surface area contributed by atoms with Crippen LogP contribution in [0.4, 0.5) is 13.2 Å². The van der Waals surface area contributed by atoms with E-state index in [0.717, 1.165) is 29.8 Å². The maximum absolute atomic E-state index is 13.3. The predicted molar refractivity (Wildman–Crippen MR) is 126 cm³/mol. The zero-order valence-electron chi connectivity index (χ0n) is 19.8. The maximum atomic E-state index is 13.3. The van der Waals surface area contributed by atoms with Crippen LogP contribution in [-0.2, 0) is 23.9 Å². The summed E-state index contributed by atoms with van der Waals surface area (Å²) in [6, 6.07) is 17.3. The highest BCUT2D eigenvalue weighted by atomic mass is 19.4. The molecule has 35 heavy (non-hydrogen) atoms. The van der Waals surface area contributed by atoms with Crippen LogP contribution < -0.4 is 0 Å². The van der Waals surface area contributed by atoms with Gasteiger partial charge in [-0.25, -0.2) is 0 Å². The van der Waals surface area contributed by atoms with E-state index in [9.17, 15) is 22.8 Å². The average Bonchev–Trinajstić information content (AvgIpc) is 3.34. The Balaban J connectivity index is 1.76. The lowest BCUT2D eigenvalue weighted by molar-refractivity contribution is -0.137. The molecule has 0 aliphatic carbocycles. The van der Waals surface area contributed by atoms with E-state index in [-0.39, 0.29) is 30.5 Å². The Morgan fingerprint density at radius 1 is 0.914 bits per heavy atom. The summed E-state index contributed by atoms with van der Waals surface area (Å²) in [4.78, 5) is 29.5. The molecular formula is C27H29F3N2O3. The second-order valence-electron chi connectivity index (χ2n) is 8.78. The zero-order valence-corrected chi connectivity index (χ0v) is 19.8. The highest BCUT2D eigenvalue weighted by Gasteiger charge is 2.31. The van der Waals surface area contributed by atoms with Gasteiger partial charge in [-0.3, -0.25) is 9.59 Å². The Kier molecular flexibility index (Phi) is 8.73. The van der Waals surface area contributed by atoms with Gasteiger partial charge in [0.2, 0.25) is 5.91 Å². The van der Waals surface area contributed by atoms with Crippen molar-refractivity contribution in [3.8, 4) is 0 Å². The fourth-order valence-corrected chi connectivity index (χ4v) is 3.70. The first kappa shape index (κ1) is 26.1. The van der Waals surface area contributed by atoms with Gasteiger partial charge in [0.15, 0.2) is 0 Å². The minimum Gasteiger partial charge on any atom is -0.467 e. The Morgan fingerprint density at radius 3 is 2.17 bits per heavy atom. The quantitative estimate of drug-likeness (QED) is 0.371. The van der Waals surface area contributed by atoms with E-state index in [1.165, 1.54) is 11.2 Å². The van der Waals surface area contributed by atoms with Crippen molar-refractivity contribution < 1.29 is 27.2 Å². The first-order valence-corrected chi connectivity index (χ1v) is 11.4. The Labute approximate surface area is 203 Å². The molecule has 0 spiro atoms. The normalized spacial score (nSPS) is 11.5. The Hall–Kier alpha value is -3.55. The van der Waals surface area contributed by atoms with E-state index >= 15 is 0 Å². The molecule has 0 saturated carbocycles. The zero-order chi connectivity index (χ0) is 25.4. The third-order valence-electron chi connectivity index (χ3n) is 5.45. The number of halogens is 3. The topological polar surface area (TPSA) is 53.8 Å². The molecule has 0 radical (unpaired) electrons. The van der Waals surface area contributed by atoms with Gasteiger partial charge in [-0.05, 0) is 54.3 Å². The van der Waals surface area contributed by atoms with Crippen molar-refractivity contribution in [2.75, 3.05) is 19.6 Å². The summed E-state index contributed by atoms with van der Waals surface area (Å²) >= 11 is 0. The number of furan rings is 1. The molecular weight excluding hydrogens is 457 g/mol. The van der Waals surface area contributed by atoms with Crippen molar-refractivity contribution in [3.63, 3.8) is 0 Å². The summed E-state index contributed by atoms with van der Waals surface area (Å²) in [5.74, 6) is -0.0695. The highest BCUT2D eigenvalue weighted by molar-refractivity contribution is 5.96. The van der Waals surface area contributed by atoms with Crippen LogP contribution in [0.3, 0.4) is 0 Å². The fourth-order valence-electron chi connectivity index (χ4n) is 3.70. The molecule has 0 atom stereocenters. The Morgan fingerprint density at radius 2 is 1.60 bits per heavy atom. The van der Waals surface area contributed by atoms with E-state index in [0.29, 0.717) is 25.3 Å². The predicted octanol–water partition coefficient (Wildman–Crippen LogP) is 5.67.